The Labute approximate surface area is 233 Å². The molecule has 0 saturated heterocycles. The summed E-state index contributed by atoms with van der Waals surface area (Å²) in [5.41, 5.74) is 3.86. The number of hydrogen-bond acceptors (Lipinski definition) is 5. The van der Waals surface area contributed by atoms with Crippen molar-refractivity contribution in [1.29, 1.82) is 0 Å². The fourth-order valence-electron chi connectivity index (χ4n) is 4.89. The minimum Gasteiger partial charge on any atom is -0.490 e. The van der Waals surface area contributed by atoms with Crippen molar-refractivity contribution in [3.63, 3.8) is 0 Å². The van der Waals surface area contributed by atoms with E-state index in [-0.39, 0.29) is 22.7 Å². The van der Waals surface area contributed by atoms with Crippen molar-refractivity contribution >= 4 is 34.2 Å². The van der Waals surface area contributed by atoms with Gasteiger partial charge in [0.1, 0.15) is 5.58 Å². The number of fused-ring (bicyclic) bond motifs is 2. The molecule has 1 aromatic heterocycles. The van der Waals surface area contributed by atoms with E-state index in [9.17, 15) is 9.59 Å². The fourth-order valence-corrected chi connectivity index (χ4v) is 5.06. The zero-order chi connectivity index (χ0) is 27.8. The van der Waals surface area contributed by atoms with Gasteiger partial charge in [-0.05, 0) is 92.3 Å². The number of nitrogens with zero attached hydrogens (tertiary/aromatic N) is 1. The Bertz CT molecular complexity index is 1620. The van der Waals surface area contributed by atoms with Gasteiger partial charge >= 0.3 is 0 Å². The number of ether oxygens (including phenoxy) is 2. The van der Waals surface area contributed by atoms with E-state index in [0.29, 0.717) is 57.9 Å². The molecule has 1 amide bonds. The summed E-state index contributed by atoms with van der Waals surface area (Å²) in [6, 6.07) is 15.5. The maximum absolute atomic E-state index is 13.9. The molecule has 1 atom stereocenters. The van der Waals surface area contributed by atoms with Crippen molar-refractivity contribution in [3.05, 3.63) is 97.9 Å². The molecule has 0 aliphatic carbocycles. The van der Waals surface area contributed by atoms with Gasteiger partial charge in [0.15, 0.2) is 16.9 Å². The maximum atomic E-state index is 13.9. The second-order valence-corrected chi connectivity index (χ2v) is 10.8. The van der Waals surface area contributed by atoms with Gasteiger partial charge < -0.3 is 13.9 Å². The summed E-state index contributed by atoms with van der Waals surface area (Å²) in [5.74, 6) is 1.36. The molecule has 1 unspecified atom stereocenters. The van der Waals surface area contributed by atoms with E-state index in [2.05, 4.69) is 13.8 Å². The van der Waals surface area contributed by atoms with Gasteiger partial charge in [0, 0.05) is 10.7 Å². The van der Waals surface area contributed by atoms with Gasteiger partial charge in [-0.1, -0.05) is 37.6 Å². The molecule has 6 nitrogen and oxygen atoms in total. The molecule has 3 aromatic carbocycles. The lowest BCUT2D eigenvalue weighted by Gasteiger charge is -2.26. The summed E-state index contributed by atoms with van der Waals surface area (Å²) in [4.78, 5) is 29.5. The van der Waals surface area contributed by atoms with Crippen LogP contribution in [0.5, 0.6) is 11.5 Å². The van der Waals surface area contributed by atoms with Crippen LogP contribution in [-0.4, -0.2) is 19.1 Å². The number of anilines is 1. The average Bonchev–Trinajstić information content (AvgIpc) is 3.19. The predicted molar refractivity (Wildman–Crippen MR) is 155 cm³/mol. The normalized spacial score (nSPS) is 14.8. The van der Waals surface area contributed by atoms with Gasteiger partial charge in [0.05, 0.1) is 30.2 Å². The van der Waals surface area contributed by atoms with Crippen LogP contribution in [-0.2, 0) is 0 Å². The third kappa shape index (κ3) is 5.01. The van der Waals surface area contributed by atoms with E-state index in [0.717, 1.165) is 17.5 Å². The Hall–Kier alpha value is -3.77. The molecular formula is C32H32ClNO5. The largest absolute Gasteiger partial charge is 0.490 e. The highest BCUT2D eigenvalue weighted by Gasteiger charge is 2.44. The van der Waals surface area contributed by atoms with Gasteiger partial charge in [-0.25, -0.2) is 0 Å². The lowest BCUT2D eigenvalue weighted by molar-refractivity contribution is 0.0971. The van der Waals surface area contributed by atoms with Gasteiger partial charge in [0.25, 0.3) is 5.91 Å². The third-order valence-electron chi connectivity index (χ3n) is 7.14. The molecule has 1 aliphatic heterocycles. The van der Waals surface area contributed by atoms with E-state index in [1.165, 1.54) is 0 Å². The van der Waals surface area contributed by atoms with Crippen LogP contribution in [0.3, 0.4) is 0 Å². The number of benzene rings is 3. The standard InChI is InChI=1S/C32H32ClNO5/c1-6-37-27-16-21(8-11-26(27)38-14-13-18(2)3)29-28-30(35)24-17-22(33)9-12-25(24)39-31(28)32(36)34(29)23-10-7-19(4)20(5)15-23/h7-12,15-18,29H,6,13-14H2,1-5H3. The molecule has 2 heterocycles. The molecule has 39 heavy (non-hydrogen) atoms. The molecule has 5 rings (SSSR count). The van der Waals surface area contributed by atoms with Crippen molar-refractivity contribution in [3.8, 4) is 11.5 Å². The average molecular weight is 546 g/mol. The van der Waals surface area contributed by atoms with Crippen molar-refractivity contribution in [1.82, 2.24) is 0 Å². The zero-order valence-corrected chi connectivity index (χ0v) is 23.6. The van der Waals surface area contributed by atoms with E-state index >= 15 is 0 Å². The van der Waals surface area contributed by atoms with Crippen LogP contribution in [0.1, 0.15) is 66.0 Å². The zero-order valence-electron chi connectivity index (χ0n) is 22.8. The summed E-state index contributed by atoms with van der Waals surface area (Å²) in [6.07, 6.45) is 0.912. The first kappa shape index (κ1) is 26.8. The quantitative estimate of drug-likeness (QED) is 0.227. The van der Waals surface area contributed by atoms with Gasteiger partial charge in [-0.15, -0.1) is 0 Å². The van der Waals surface area contributed by atoms with Crippen LogP contribution < -0.4 is 19.8 Å². The van der Waals surface area contributed by atoms with E-state index in [1.807, 2.05) is 57.2 Å². The maximum Gasteiger partial charge on any atom is 0.295 e. The van der Waals surface area contributed by atoms with Gasteiger partial charge in [-0.2, -0.15) is 0 Å². The molecular weight excluding hydrogens is 514 g/mol. The molecule has 0 bridgehead atoms. The second-order valence-electron chi connectivity index (χ2n) is 10.3. The number of aryl methyl sites for hydroxylation is 2. The first-order valence-electron chi connectivity index (χ1n) is 13.3. The smallest absolute Gasteiger partial charge is 0.295 e. The molecule has 7 heteroatoms. The topological polar surface area (TPSA) is 69.0 Å². The number of amides is 1. The lowest BCUT2D eigenvalue weighted by atomic mass is 9.97. The second kappa shape index (κ2) is 10.8. The Morgan fingerprint density at radius 3 is 2.46 bits per heavy atom. The minimum absolute atomic E-state index is 0.0354. The summed E-state index contributed by atoms with van der Waals surface area (Å²) < 4.78 is 18.1. The molecule has 0 N–H and O–H groups in total. The minimum atomic E-state index is -0.724. The highest BCUT2D eigenvalue weighted by Crippen LogP contribution is 2.43. The SMILES string of the molecule is CCOc1cc(C2c3c(oc4ccc(Cl)cc4c3=O)C(=O)N2c2ccc(C)c(C)c2)ccc1OCCC(C)C. The van der Waals surface area contributed by atoms with Crippen molar-refractivity contribution in [2.24, 2.45) is 5.92 Å². The first-order chi connectivity index (χ1) is 18.7. The van der Waals surface area contributed by atoms with Gasteiger partial charge in [0.2, 0.25) is 5.76 Å². The molecule has 0 fully saturated rings. The van der Waals surface area contributed by atoms with E-state index in [1.54, 1.807) is 23.1 Å². The Morgan fingerprint density at radius 1 is 0.949 bits per heavy atom. The third-order valence-corrected chi connectivity index (χ3v) is 7.37. The van der Waals surface area contributed by atoms with Crippen molar-refractivity contribution in [2.75, 3.05) is 18.1 Å². The van der Waals surface area contributed by atoms with E-state index < -0.39 is 6.04 Å². The summed E-state index contributed by atoms with van der Waals surface area (Å²) in [5, 5.41) is 0.753. The summed E-state index contributed by atoms with van der Waals surface area (Å²) in [7, 11) is 0. The summed E-state index contributed by atoms with van der Waals surface area (Å²) in [6.45, 7) is 11.2. The first-order valence-corrected chi connectivity index (χ1v) is 13.6. The Balaban J connectivity index is 1.70. The van der Waals surface area contributed by atoms with Gasteiger partial charge in [-0.3, -0.25) is 14.5 Å². The molecule has 0 radical (unpaired) electrons. The Kier molecular flexibility index (Phi) is 7.41. The van der Waals surface area contributed by atoms with E-state index in [4.69, 9.17) is 25.5 Å². The molecule has 1 aliphatic rings. The number of halogens is 1. The highest BCUT2D eigenvalue weighted by molar-refractivity contribution is 6.31. The van der Waals surface area contributed by atoms with Crippen LogP contribution in [0, 0.1) is 19.8 Å². The number of carbonyl (C=O) groups is 1. The summed E-state index contributed by atoms with van der Waals surface area (Å²) >= 11 is 6.23. The monoisotopic (exact) mass is 545 g/mol. The van der Waals surface area contributed by atoms with Crippen LogP contribution in [0.15, 0.2) is 63.8 Å². The van der Waals surface area contributed by atoms with Crippen molar-refractivity contribution < 1.29 is 18.7 Å². The fraction of sp³-hybridized carbons (Fsp3) is 0.312. The molecule has 4 aromatic rings. The van der Waals surface area contributed by atoms with Crippen molar-refractivity contribution in [2.45, 2.75) is 47.1 Å². The Morgan fingerprint density at radius 2 is 1.74 bits per heavy atom. The highest BCUT2D eigenvalue weighted by atomic mass is 35.5. The lowest BCUT2D eigenvalue weighted by Crippen LogP contribution is -2.29. The number of rotatable bonds is 8. The number of hydrogen-bond donors (Lipinski definition) is 0. The molecule has 0 spiro atoms. The molecule has 0 saturated carbocycles. The molecule has 202 valence electrons. The van der Waals surface area contributed by atoms with Crippen LogP contribution in [0.25, 0.3) is 11.0 Å². The van der Waals surface area contributed by atoms with Crippen LogP contribution in [0.4, 0.5) is 5.69 Å². The predicted octanol–water partition coefficient (Wildman–Crippen LogP) is 7.64. The van der Waals surface area contributed by atoms with Crippen LogP contribution >= 0.6 is 11.6 Å². The van der Waals surface area contributed by atoms with Crippen LogP contribution in [0.2, 0.25) is 5.02 Å². The number of carbonyl (C=O) groups excluding carboxylic acids is 1.